The van der Waals surface area contributed by atoms with Gasteiger partial charge in [-0.25, -0.2) is 9.97 Å². The third-order valence-corrected chi connectivity index (χ3v) is 4.41. The molecular weight excluding hydrogens is 334 g/mol. The van der Waals surface area contributed by atoms with Crippen molar-refractivity contribution >= 4 is 16.9 Å². The number of hydrogen-bond donors (Lipinski definition) is 1. The van der Waals surface area contributed by atoms with Crippen molar-refractivity contribution < 1.29 is 14.3 Å². The van der Waals surface area contributed by atoms with Crippen molar-refractivity contribution in [2.75, 3.05) is 20.2 Å². The van der Waals surface area contributed by atoms with Crippen molar-refractivity contribution in [1.82, 2.24) is 24.8 Å². The van der Waals surface area contributed by atoms with E-state index in [4.69, 9.17) is 9.47 Å². The van der Waals surface area contributed by atoms with E-state index in [9.17, 15) is 4.79 Å². The molecule has 0 aliphatic carbocycles. The van der Waals surface area contributed by atoms with Crippen LogP contribution in [-0.4, -0.2) is 57.0 Å². The number of hydrogen-bond acceptors (Lipinski definition) is 6. The maximum absolute atomic E-state index is 12.9. The summed E-state index contributed by atoms with van der Waals surface area (Å²) in [6.45, 7) is 1.24. The number of benzene rings is 1. The number of carbonyl (C=O) groups excluding carboxylic acids is 1. The number of methoxy groups -OCH3 is 1. The molecule has 1 N–H and O–H groups in total. The van der Waals surface area contributed by atoms with Crippen LogP contribution in [0.1, 0.15) is 23.2 Å². The van der Waals surface area contributed by atoms with Gasteiger partial charge in [0.1, 0.15) is 6.10 Å². The van der Waals surface area contributed by atoms with Gasteiger partial charge in [0.05, 0.1) is 31.0 Å². The molecule has 0 radical (unpaired) electrons. The number of nitrogens with zero attached hydrogens (tertiary/aromatic N) is 4. The lowest BCUT2D eigenvalue weighted by Gasteiger charge is -2.32. The first-order valence-corrected chi connectivity index (χ1v) is 8.49. The number of ether oxygens (including phenoxy) is 2. The Morgan fingerprint density at radius 2 is 2.23 bits per heavy atom. The first kappa shape index (κ1) is 16.3. The molecule has 26 heavy (non-hydrogen) atoms. The lowest BCUT2D eigenvalue weighted by molar-refractivity contribution is 0.0526. The smallest absolute Gasteiger partial charge is 0.319 e. The van der Waals surface area contributed by atoms with Crippen LogP contribution in [0, 0.1) is 0 Å². The third-order valence-electron chi connectivity index (χ3n) is 4.41. The van der Waals surface area contributed by atoms with Crippen LogP contribution < -0.4 is 9.47 Å². The Morgan fingerprint density at radius 1 is 1.31 bits per heavy atom. The fraction of sp³-hybridized carbons (Fsp3) is 0.333. The van der Waals surface area contributed by atoms with Crippen molar-refractivity contribution in [2.45, 2.75) is 18.9 Å². The highest BCUT2D eigenvalue weighted by atomic mass is 16.5. The van der Waals surface area contributed by atoms with Gasteiger partial charge in [0.2, 0.25) is 5.88 Å². The van der Waals surface area contributed by atoms with Crippen LogP contribution in [0.3, 0.4) is 0 Å². The molecule has 1 atom stereocenters. The maximum atomic E-state index is 12.9. The molecule has 1 amide bonds. The highest BCUT2D eigenvalue weighted by Gasteiger charge is 2.26. The van der Waals surface area contributed by atoms with Gasteiger partial charge >= 0.3 is 6.01 Å². The number of aromatic nitrogens is 4. The highest BCUT2D eigenvalue weighted by Crippen LogP contribution is 2.20. The minimum Gasteiger partial charge on any atom is -0.472 e. The molecule has 0 spiro atoms. The van der Waals surface area contributed by atoms with Crippen molar-refractivity contribution in [1.29, 1.82) is 0 Å². The summed E-state index contributed by atoms with van der Waals surface area (Å²) in [5.41, 5.74) is 2.35. The predicted octanol–water partition coefficient (Wildman–Crippen LogP) is 2.05. The Morgan fingerprint density at radius 3 is 3.12 bits per heavy atom. The van der Waals surface area contributed by atoms with Crippen LogP contribution in [0.15, 0.2) is 36.8 Å². The second-order valence-electron chi connectivity index (χ2n) is 6.15. The van der Waals surface area contributed by atoms with Crippen molar-refractivity contribution in [2.24, 2.45) is 0 Å². The van der Waals surface area contributed by atoms with Gasteiger partial charge in [-0.2, -0.15) is 4.98 Å². The van der Waals surface area contributed by atoms with E-state index in [1.165, 1.54) is 7.11 Å². The lowest BCUT2D eigenvalue weighted by Crippen LogP contribution is -2.44. The molecule has 8 heteroatoms. The molecule has 1 fully saturated rings. The zero-order valence-corrected chi connectivity index (χ0v) is 14.4. The van der Waals surface area contributed by atoms with E-state index >= 15 is 0 Å². The minimum absolute atomic E-state index is 0.00457. The van der Waals surface area contributed by atoms with Gasteiger partial charge in [-0.3, -0.25) is 4.79 Å². The zero-order chi connectivity index (χ0) is 17.9. The van der Waals surface area contributed by atoms with E-state index < -0.39 is 0 Å². The van der Waals surface area contributed by atoms with Crippen LogP contribution in [0.4, 0.5) is 0 Å². The van der Waals surface area contributed by atoms with E-state index in [0.717, 1.165) is 23.9 Å². The van der Waals surface area contributed by atoms with E-state index in [-0.39, 0.29) is 18.0 Å². The molecule has 0 saturated carbocycles. The summed E-state index contributed by atoms with van der Waals surface area (Å²) in [5, 5.41) is 0. The normalized spacial score (nSPS) is 17.3. The molecule has 3 heterocycles. The van der Waals surface area contributed by atoms with Crippen molar-refractivity contribution in [3.05, 3.63) is 42.4 Å². The summed E-state index contributed by atoms with van der Waals surface area (Å²) < 4.78 is 10.9. The van der Waals surface area contributed by atoms with Crippen LogP contribution in [0.25, 0.3) is 11.0 Å². The molecule has 1 aromatic carbocycles. The Hall–Kier alpha value is -3.16. The summed E-state index contributed by atoms with van der Waals surface area (Å²) in [5.74, 6) is 0.449. The fourth-order valence-electron chi connectivity index (χ4n) is 3.13. The van der Waals surface area contributed by atoms with E-state index in [0.29, 0.717) is 24.5 Å². The molecule has 134 valence electrons. The number of amides is 1. The minimum atomic E-state index is -0.108. The summed E-state index contributed by atoms with van der Waals surface area (Å²) in [7, 11) is 1.51. The molecule has 0 bridgehead atoms. The second kappa shape index (κ2) is 6.99. The molecule has 1 aliphatic heterocycles. The number of fused-ring (bicyclic) bond motifs is 1. The van der Waals surface area contributed by atoms with Gasteiger partial charge in [-0.05, 0) is 31.0 Å². The summed E-state index contributed by atoms with van der Waals surface area (Å²) >= 11 is 0. The van der Waals surface area contributed by atoms with Crippen molar-refractivity contribution in [3.8, 4) is 11.9 Å². The quantitative estimate of drug-likeness (QED) is 0.771. The number of likely N-dealkylation sites (tertiary alicyclic amines) is 1. The molecule has 1 aliphatic rings. The van der Waals surface area contributed by atoms with Gasteiger partial charge in [0, 0.05) is 24.4 Å². The van der Waals surface area contributed by atoms with Gasteiger partial charge in [0.15, 0.2) is 0 Å². The number of rotatable bonds is 4. The van der Waals surface area contributed by atoms with Gasteiger partial charge in [-0.15, -0.1) is 0 Å². The van der Waals surface area contributed by atoms with Gasteiger partial charge in [0.25, 0.3) is 5.91 Å². The number of piperidine rings is 1. The standard InChI is InChI=1S/C18H19N5O3/c1-25-18-19-7-6-16(22-18)26-13-3-2-8-23(10-13)17(24)12-4-5-14-15(9-12)21-11-20-14/h4-7,9,11,13H,2-3,8,10H2,1H3,(H,20,21). The molecule has 8 nitrogen and oxygen atoms in total. The topological polar surface area (TPSA) is 93.2 Å². The number of carbonyl (C=O) groups is 1. The number of imidazole rings is 1. The average molecular weight is 353 g/mol. The predicted molar refractivity (Wildman–Crippen MR) is 94.2 cm³/mol. The Balaban J connectivity index is 1.46. The van der Waals surface area contributed by atoms with E-state index in [1.54, 1.807) is 18.6 Å². The SMILES string of the molecule is COc1nccc(OC2CCCN(C(=O)c3ccc4nc[nH]c4c3)C2)n1. The summed E-state index contributed by atoms with van der Waals surface area (Å²) in [4.78, 5) is 30.0. The number of H-pyrrole nitrogens is 1. The Kier molecular flexibility index (Phi) is 4.39. The molecular formula is C18H19N5O3. The third kappa shape index (κ3) is 3.30. The van der Waals surface area contributed by atoms with Crippen LogP contribution in [0.5, 0.6) is 11.9 Å². The van der Waals surface area contributed by atoms with Crippen LogP contribution in [-0.2, 0) is 0 Å². The molecule has 4 rings (SSSR count). The molecule has 1 saturated heterocycles. The van der Waals surface area contributed by atoms with Crippen LogP contribution in [0.2, 0.25) is 0 Å². The number of nitrogens with one attached hydrogen (secondary N) is 1. The van der Waals surface area contributed by atoms with E-state index in [1.807, 2.05) is 23.1 Å². The Labute approximate surface area is 150 Å². The second-order valence-corrected chi connectivity index (χ2v) is 6.15. The first-order valence-electron chi connectivity index (χ1n) is 8.49. The number of aromatic amines is 1. The first-order chi connectivity index (χ1) is 12.7. The lowest BCUT2D eigenvalue weighted by atomic mass is 10.1. The molecule has 2 aromatic heterocycles. The fourth-order valence-corrected chi connectivity index (χ4v) is 3.13. The largest absolute Gasteiger partial charge is 0.472 e. The van der Waals surface area contributed by atoms with Gasteiger partial charge < -0.3 is 19.4 Å². The maximum Gasteiger partial charge on any atom is 0.319 e. The summed E-state index contributed by atoms with van der Waals surface area (Å²) in [6.07, 6.45) is 4.86. The Bertz CT molecular complexity index is 926. The monoisotopic (exact) mass is 353 g/mol. The van der Waals surface area contributed by atoms with Crippen molar-refractivity contribution in [3.63, 3.8) is 0 Å². The molecule has 1 unspecified atom stereocenters. The average Bonchev–Trinajstić information content (AvgIpc) is 3.15. The zero-order valence-electron chi connectivity index (χ0n) is 14.4. The summed E-state index contributed by atoms with van der Waals surface area (Å²) in [6, 6.07) is 7.45. The molecule has 3 aromatic rings. The van der Waals surface area contributed by atoms with Crippen LogP contribution >= 0.6 is 0 Å². The highest BCUT2D eigenvalue weighted by molar-refractivity contribution is 5.97. The van der Waals surface area contributed by atoms with E-state index in [2.05, 4.69) is 19.9 Å². The van der Waals surface area contributed by atoms with Gasteiger partial charge in [-0.1, -0.05) is 0 Å².